The second kappa shape index (κ2) is 3.14. The third kappa shape index (κ3) is 1.86. The van der Waals surface area contributed by atoms with E-state index in [4.69, 9.17) is 11.6 Å². The van der Waals surface area contributed by atoms with Crippen LogP contribution in [0.1, 0.15) is 24.0 Å². The van der Waals surface area contributed by atoms with Crippen molar-refractivity contribution in [3.05, 3.63) is 28.3 Å². The summed E-state index contributed by atoms with van der Waals surface area (Å²) in [7, 11) is 0. The van der Waals surface area contributed by atoms with Gasteiger partial charge in [0, 0.05) is 11.4 Å². The van der Waals surface area contributed by atoms with Crippen LogP contribution < -0.4 is 0 Å². The van der Waals surface area contributed by atoms with E-state index in [1.165, 1.54) is 0 Å². The second-order valence-corrected chi connectivity index (χ2v) is 4.54. The molecule has 0 unspecified atom stereocenters. The highest BCUT2D eigenvalue weighted by atomic mass is 35.5. The first kappa shape index (κ1) is 9.81. The summed E-state index contributed by atoms with van der Waals surface area (Å²) in [6.07, 6.45) is 2.13. The Morgan fingerprint density at radius 3 is 2.64 bits per heavy atom. The molecule has 1 aromatic rings. The lowest BCUT2D eigenvalue weighted by molar-refractivity contribution is 0.150. The topological polar surface area (TPSA) is 40.5 Å². The molecule has 0 bridgehead atoms. The average molecular weight is 213 g/mol. The smallest absolute Gasteiger partial charge is 0.119 e. The van der Waals surface area contributed by atoms with Crippen LogP contribution in [0.2, 0.25) is 5.02 Å². The van der Waals surface area contributed by atoms with Gasteiger partial charge in [-0.05, 0) is 43.0 Å². The minimum atomic E-state index is -0.587. The van der Waals surface area contributed by atoms with Crippen LogP contribution in [0, 0.1) is 6.92 Å². The zero-order valence-corrected chi connectivity index (χ0v) is 8.80. The summed E-state index contributed by atoms with van der Waals surface area (Å²) < 4.78 is 0. The molecule has 1 aliphatic carbocycles. The van der Waals surface area contributed by atoms with Crippen molar-refractivity contribution in [1.29, 1.82) is 0 Å². The van der Waals surface area contributed by atoms with Crippen LogP contribution in [-0.4, -0.2) is 15.8 Å². The molecule has 3 heteroatoms. The van der Waals surface area contributed by atoms with E-state index in [0.717, 1.165) is 24.0 Å². The lowest BCUT2D eigenvalue weighted by Crippen LogP contribution is -2.10. The van der Waals surface area contributed by atoms with Gasteiger partial charge in [0.25, 0.3) is 0 Å². The molecule has 0 spiro atoms. The molecule has 0 saturated heterocycles. The number of hydrogen-bond donors (Lipinski definition) is 2. The van der Waals surface area contributed by atoms with E-state index in [1.807, 2.05) is 6.92 Å². The maximum Gasteiger partial charge on any atom is 0.119 e. The minimum Gasteiger partial charge on any atom is -0.508 e. The normalized spacial score (nSPS) is 18.2. The zero-order chi connectivity index (χ0) is 10.3. The highest BCUT2D eigenvalue weighted by molar-refractivity contribution is 6.31. The molecule has 2 rings (SSSR count). The minimum absolute atomic E-state index is 0.229. The van der Waals surface area contributed by atoms with Crippen molar-refractivity contribution >= 4 is 11.6 Å². The summed E-state index contributed by atoms with van der Waals surface area (Å²) >= 11 is 5.94. The van der Waals surface area contributed by atoms with Gasteiger partial charge in [-0.25, -0.2) is 0 Å². The first-order valence-corrected chi connectivity index (χ1v) is 5.08. The third-order valence-electron chi connectivity index (χ3n) is 2.71. The van der Waals surface area contributed by atoms with Crippen LogP contribution in [0.3, 0.4) is 0 Å². The van der Waals surface area contributed by atoms with Crippen LogP contribution in [0.15, 0.2) is 12.1 Å². The Labute approximate surface area is 88.1 Å². The Kier molecular flexibility index (Phi) is 2.20. The van der Waals surface area contributed by atoms with Gasteiger partial charge in [0.15, 0.2) is 0 Å². The molecule has 0 radical (unpaired) electrons. The summed E-state index contributed by atoms with van der Waals surface area (Å²) in [5.74, 6) is 0.229. The summed E-state index contributed by atoms with van der Waals surface area (Å²) in [5, 5.41) is 20.0. The molecule has 0 aliphatic heterocycles. The Balaban J connectivity index is 2.29. The van der Waals surface area contributed by atoms with E-state index in [0.29, 0.717) is 11.4 Å². The molecule has 1 saturated carbocycles. The van der Waals surface area contributed by atoms with E-state index in [2.05, 4.69) is 0 Å². The summed E-state index contributed by atoms with van der Waals surface area (Å²) in [5.41, 5.74) is 1.01. The first-order chi connectivity index (χ1) is 6.50. The number of hydrogen-bond acceptors (Lipinski definition) is 2. The molecule has 0 heterocycles. The summed E-state index contributed by atoms with van der Waals surface area (Å²) in [4.78, 5) is 0. The van der Waals surface area contributed by atoms with Crippen molar-refractivity contribution < 1.29 is 10.2 Å². The van der Waals surface area contributed by atoms with Gasteiger partial charge in [-0.15, -0.1) is 0 Å². The van der Waals surface area contributed by atoms with Gasteiger partial charge in [-0.1, -0.05) is 11.6 Å². The van der Waals surface area contributed by atoms with Crippen molar-refractivity contribution in [2.24, 2.45) is 0 Å². The van der Waals surface area contributed by atoms with E-state index < -0.39 is 5.60 Å². The van der Waals surface area contributed by atoms with Gasteiger partial charge < -0.3 is 10.2 Å². The molecule has 2 nitrogen and oxygen atoms in total. The van der Waals surface area contributed by atoms with Gasteiger partial charge in [0.1, 0.15) is 5.75 Å². The van der Waals surface area contributed by atoms with E-state index in [9.17, 15) is 10.2 Å². The fourth-order valence-corrected chi connectivity index (χ4v) is 1.71. The zero-order valence-electron chi connectivity index (χ0n) is 8.05. The van der Waals surface area contributed by atoms with E-state index >= 15 is 0 Å². The molecule has 0 atom stereocenters. The summed E-state index contributed by atoms with van der Waals surface area (Å²) in [6, 6.07) is 3.38. The average Bonchev–Trinajstić information content (AvgIpc) is 2.80. The first-order valence-electron chi connectivity index (χ1n) is 4.71. The Hall–Kier alpha value is -0.730. The maximum atomic E-state index is 9.71. The number of benzene rings is 1. The molecular weight excluding hydrogens is 200 g/mol. The quantitative estimate of drug-likeness (QED) is 0.791. The Morgan fingerprint density at radius 2 is 2.07 bits per heavy atom. The lowest BCUT2D eigenvalue weighted by atomic mass is 10.0. The largest absolute Gasteiger partial charge is 0.508 e. The van der Waals surface area contributed by atoms with Gasteiger partial charge in [-0.2, -0.15) is 0 Å². The fraction of sp³-hybridized carbons (Fsp3) is 0.455. The van der Waals surface area contributed by atoms with Crippen LogP contribution in [0.25, 0.3) is 0 Å². The molecule has 14 heavy (non-hydrogen) atoms. The number of aliphatic hydroxyl groups is 1. The number of phenolic OH excluding ortho intramolecular Hbond substituents is 1. The molecule has 76 valence electrons. The van der Waals surface area contributed by atoms with Crippen LogP contribution >= 0.6 is 11.6 Å². The van der Waals surface area contributed by atoms with Crippen LogP contribution in [0.4, 0.5) is 0 Å². The highest BCUT2D eigenvalue weighted by Crippen LogP contribution is 2.40. The molecule has 0 aromatic heterocycles. The van der Waals surface area contributed by atoms with E-state index in [1.54, 1.807) is 12.1 Å². The van der Waals surface area contributed by atoms with Crippen molar-refractivity contribution in [3.63, 3.8) is 0 Å². The van der Waals surface area contributed by atoms with Gasteiger partial charge >= 0.3 is 0 Å². The summed E-state index contributed by atoms with van der Waals surface area (Å²) in [6.45, 7) is 1.84. The molecule has 2 N–H and O–H groups in total. The predicted octanol–water partition coefficient (Wildman–Crippen LogP) is 2.42. The van der Waals surface area contributed by atoms with Crippen molar-refractivity contribution in [2.45, 2.75) is 31.8 Å². The van der Waals surface area contributed by atoms with Crippen LogP contribution in [0.5, 0.6) is 5.75 Å². The Bertz CT molecular complexity index is 370. The highest BCUT2D eigenvalue weighted by Gasteiger charge is 2.40. The number of phenols is 1. The second-order valence-electron chi connectivity index (χ2n) is 4.13. The predicted molar refractivity (Wildman–Crippen MR) is 55.7 cm³/mol. The number of rotatable bonds is 2. The number of aromatic hydroxyl groups is 1. The molecular formula is C11H13ClO2. The monoisotopic (exact) mass is 212 g/mol. The van der Waals surface area contributed by atoms with Crippen molar-refractivity contribution in [1.82, 2.24) is 0 Å². The SMILES string of the molecule is Cc1cc(O)c(CC2(O)CC2)cc1Cl. The van der Waals surface area contributed by atoms with Gasteiger partial charge in [0.2, 0.25) is 0 Å². The maximum absolute atomic E-state index is 9.71. The molecule has 1 fully saturated rings. The van der Waals surface area contributed by atoms with Gasteiger partial charge in [-0.3, -0.25) is 0 Å². The Morgan fingerprint density at radius 1 is 1.43 bits per heavy atom. The van der Waals surface area contributed by atoms with Crippen molar-refractivity contribution in [3.8, 4) is 5.75 Å². The van der Waals surface area contributed by atoms with E-state index in [-0.39, 0.29) is 5.75 Å². The number of aryl methyl sites for hydroxylation is 1. The van der Waals surface area contributed by atoms with Crippen LogP contribution in [-0.2, 0) is 6.42 Å². The van der Waals surface area contributed by atoms with Gasteiger partial charge in [0.05, 0.1) is 5.60 Å². The molecule has 1 aromatic carbocycles. The number of halogens is 1. The molecule has 1 aliphatic rings. The standard InChI is InChI=1S/C11H13ClO2/c1-7-4-10(13)8(5-9(7)12)6-11(14)2-3-11/h4-5,13-14H,2-3,6H2,1H3. The lowest BCUT2D eigenvalue weighted by Gasteiger charge is -2.10. The third-order valence-corrected chi connectivity index (χ3v) is 3.11. The molecule has 0 amide bonds. The fourth-order valence-electron chi connectivity index (χ4n) is 1.52. The van der Waals surface area contributed by atoms with Crippen molar-refractivity contribution in [2.75, 3.05) is 0 Å².